The Balaban J connectivity index is 2.37. The highest BCUT2D eigenvalue weighted by Crippen LogP contribution is 2.10. The number of hydrogen-bond acceptors (Lipinski definition) is 3. The summed E-state index contributed by atoms with van der Waals surface area (Å²) < 4.78 is 5.29. The van der Waals surface area contributed by atoms with E-state index in [0.29, 0.717) is 13.2 Å². The van der Waals surface area contributed by atoms with E-state index in [0.717, 1.165) is 5.75 Å². The minimum atomic E-state index is 0.359. The number of hydrogen-bond donors (Lipinski definition) is 0. The van der Waals surface area contributed by atoms with Crippen molar-refractivity contribution in [1.82, 2.24) is 0 Å². The normalized spacial score (nSPS) is 9.00. The van der Waals surface area contributed by atoms with Gasteiger partial charge in [0.25, 0.3) is 0 Å². The van der Waals surface area contributed by atoms with Gasteiger partial charge >= 0.3 is 0 Å². The summed E-state index contributed by atoms with van der Waals surface area (Å²) in [6.45, 7) is 2.79. The highest BCUT2D eigenvalue weighted by atomic mass is 16.5. The van der Waals surface area contributed by atoms with Crippen molar-refractivity contribution in [2.75, 3.05) is 13.2 Å². The Kier molecular flexibility index (Phi) is 3.74. The van der Waals surface area contributed by atoms with Crippen LogP contribution in [0.25, 0.3) is 0 Å². The Bertz CT molecular complexity index is 299. The predicted octanol–water partition coefficient (Wildman–Crippen LogP) is 1.71. The van der Waals surface area contributed by atoms with E-state index in [4.69, 9.17) is 4.74 Å². The average Bonchev–Trinajstić information content (AvgIpc) is 2.15. The van der Waals surface area contributed by atoms with Gasteiger partial charge in [0.05, 0.1) is 6.54 Å². The molecule has 0 aromatic heterocycles. The summed E-state index contributed by atoms with van der Waals surface area (Å²) in [6, 6.07) is 7.72. The van der Waals surface area contributed by atoms with E-state index in [1.165, 1.54) is 11.6 Å². The van der Waals surface area contributed by atoms with Crippen molar-refractivity contribution in [3.63, 3.8) is 0 Å². The van der Waals surface area contributed by atoms with Crippen molar-refractivity contribution in [3.05, 3.63) is 29.8 Å². The zero-order valence-corrected chi connectivity index (χ0v) is 7.49. The van der Waals surface area contributed by atoms with Crippen LogP contribution in [-0.4, -0.2) is 19.2 Å². The van der Waals surface area contributed by atoms with Crippen LogP contribution in [0.1, 0.15) is 5.56 Å². The third kappa shape index (κ3) is 3.54. The first-order valence-electron chi connectivity index (χ1n) is 4.06. The molecule has 0 saturated carbocycles. The molecule has 0 bridgehead atoms. The Morgan fingerprint density at radius 2 is 2.08 bits per heavy atom. The minimum absolute atomic E-state index is 0.359. The van der Waals surface area contributed by atoms with Gasteiger partial charge < -0.3 is 4.74 Å². The summed E-state index contributed by atoms with van der Waals surface area (Å²) in [6.07, 6.45) is 1.46. The van der Waals surface area contributed by atoms with Crippen LogP contribution in [-0.2, 0) is 4.79 Å². The number of isocyanates is 1. The monoisotopic (exact) mass is 177 g/mol. The maximum absolute atomic E-state index is 9.71. The van der Waals surface area contributed by atoms with Crippen molar-refractivity contribution in [1.29, 1.82) is 0 Å². The van der Waals surface area contributed by atoms with Crippen LogP contribution in [0.5, 0.6) is 5.75 Å². The number of rotatable bonds is 4. The lowest BCUT2D eigenvalue weighted by atomic mass is 10.2. The fraction of sp³-hybridized carbons (Fsp3) is 0.300. The van der Waals surface area contributed by atoms with Gasteiger partial charge in [-0.05, 0) is 19.1 Å². The molecule has 0 aliphatic carbocycles. The Morgan fingerprint density at radius 3 is 2.69 bits per heavy atom. The van der Waals surface area contributed by atoms with E-state index in [1.807, 2.05) is 31.2 Å². The first kappa shape index (κ1) is 9.49. The molecule has 0 N–H and O–H groups in total. The van der Waals surface area contributed by atoms with Gasteiger partial charge in [0.2, 0.25) is 6.08 Å². The maximum Gasteiger partial charge on any atom is 0.235 e. The quantitative estimate of drug-likeness (QED) is 0.399. The van der Waals surface area contributed by atoms with E-state index in [-0.39, 0.29) is 0 Å². The maximum atomic E-state index is 9.71. The number of nitrogens with zero attached hydrogens (tertiary/aromatic N) is 1. The molecule has 0 heterocycles. The summed E-state index contributed by atoms with van der Waals surface area (Å²) >= 11 is 0. The molecule has 0 saturated heterocycles. The van der Waals surface area contributed by atoms with Crippen LogP contribution in [0, 0.1) is 6.92 Å². The molecule has 0 atom stereocenters. The molecule has 1 rings (SSSR count). The van der Waals surface area contributed by atoms with Gasteiger partial charge in [-0.2, -0.15) is 0 Å². The van der Waals surface area contributed by atoms with Crippen molar-refractivity contribution in [2.45, 2.75) is 6.92 Å². The molecule has 0 amide bonds. The van der Waals surface area contributed by atoms with E-state index in [1.54, 1.807) is 0 Å². The standard InChI is InChI=1S/C10H11NO2/c1-9-2-4-10(5-3-9)13-7-6-11-8-12/h2-5H,6-7H2,1H3. The summed E-state index contributed by atoms with van der Waals surface area (Å²) in [5.74, 6) is 0.798. The smallest absolute Gasteiger partial charge is 0.235 e. The molecule has 0 aliphatic rings. The van der Waals surface area contributed by atoms with Crippen molar-refractivity contribution < 1.29 is 9.53 Å². The van der Waals surface area contributed by atoms with Crippen LogP contribution in [0.15, 0.2) is 29.3 Å². The Morgan fingerprint density at radius 1 is 1.38 bits per heavy atom. The molecule has 0 spiro atoms. The first-order valence-corrected chi connectivity index (χ1v) is 4.06. The van der Waals surface area contributed by atoms with Gasteiger partial charge in [-0.25, -0.2) is 9.79 Å². The van der Waals surface area contributed by atoms with Gasteiger partial charge in [-0.3, -0.25) is 0 Å². The number of aryl methyl sites for hydroxylation is 1. The fourth-order valence-corrected chi connectivity index (χ4v) is 0.889. The van der Waals surface area contributed by atoms with Gasteiger partial charge in [-0.15, -0.1) is 0 Å². The highest BCUT2D eigenvalue weighted by molar-refractivity contribution is 5.32. The van der Waals surface area contributed by atoms with Crippen LogP contribution < -0.4 is 4.74 Å². The number of ether oxygens (including phenoxy) is 1. The molecular formula is C10H11NO2. The summed E-state index contributed by atoms with van der Waals surface area (Å²) in [4.78, 5) is 13.1. The van der Waals surface area contributed by atoms with Crippen molar-refractivity contribution in [3.8, 4) is 5.75 Å². The van der Waals surface area contributed by atoms with Crippen LogP contribution in [0.3, 0.4) is 0 Å². The molecule has 0 unspecified atom stereocenters. The molecule has 0 radical (unpaired) electrons. The first-order chi connectivity index (χ1) is 6.33. The molecule has 1 aromatic carbocycles. The number of aliphatic imine (C=N–C) groups is 1. The minimum Gasteiger partial charge on any atom is -0.492 e. The zero-order chi connectivity index (χ0) is 9.52. The van der Waals surface area contributed by atoms with E-state index >= 15 is 0 Å². The second-order valence-electron chi connectivity index (χ2n) is 2.63. The van der Waals surface area contributed by atoms with Gasteiger partial charge in [0.1, 0.15) is 12.4 Å². The van der Waals surface area contributed by atoms with Gasteiger partial charge in [-0.1, -0.05) is 17.7 Å². The van der Waals surface area contributed by atoms with Crippen molar-refractivity contribution in [2.24, 2.45) is 4.99 Å². The SMILES string of the molecule is Cc1ccc(OCCN=C=O)cc1. The fourth-order valence-electron chi connectivity index (χ4n) is 0.889. The molecule has 3 nitrogen and oxygen atoms in total. The lowest BCUT2D eigenvalue weighted by Gasteiger charge is -2.03. The lowest BCUT2D eigenvalue weighted by Crippen LogP contribution is -2.00. The number of carbonyl (C=O) groups excluding carboxylic acids is 1. The zero-order valence-electron chi connectivity index (χ0n) is 7.49. The van der Waals surface area contributed by atoms with E-state index in [2.05, 4.69) is 4.99 Å². The summed E-state index contributed by atoms with van der Waals surface area (Å²) in [7, 11) is 0. The molecule has 1 aromatic rings. The number of benzene rings is 1. The second-order valence-corrected chi connectivity index (χ2v) is 2.63. The lowest BCUT2D eigenvalue weighted by molar-refractivity contribution is 0.328. The van der Waals surface area contributed by atoms with Gasteiger partial charge in [0.15, 0.2) is 0 Å². The third-order valence-corrected chi connectivity index (χ3v) is 1.56. The average molecular weight is 177 g/mol. The largest absolute Gasteiger partial charge is 0.492 e. The molecule has 68 valence electrons. The van der Waals surface area contributed by atoms with Gasteiger partial charge in [0, 0.05) is 0 Å². The molecule has 0 aliphatic heterocycles. The predicted molar refractivity (Wildman–Crippen MR) is 49.7 cm³/mol. The summed E-state index contributed by atoms with van der Waals surface area (Å²) in [5, 5.41) is 0. The van der Waals surface area contributed by atoms with E-state index < -0.39 is 0 Å². The van der Waals surface area contributed by atoms with Crippen LogP contribution >= 0.6 is 0 Å². The second kappa shape index (κ2) is 5.12. The van der Waals surface area contributed by atoms with Crippen LogP contribution in [0.4, 0.5) is 0 Å². The van der Waals surface area contributed by atoms with Crippen LogP contribution in [0.2, 0.25) is 0 Å². The Hall–Kier alpha value is -1.60. The third-order valence-electron chi connectivity index (χ3n) is 1.56. The molecule has 0 fully saturated rings. The van der Waals surface area contributed by atoms with E-state index in [9.17, 15) is 4.79 Å². The molecule has 3 heteroatoms. The Labute approximate surface area is 77.1 Å². The topological polar surface area (TPSA) is 38.7 Å². The molecule has 13 heavy (non-hydrogen) atoms. The van der Waals surface area contributed by atoms with Crippen molar-refractivity contribution >= 4 is 6.08 Å². The molecular weight excluding hydrogens is 166 g/mol. The summed E-state index contributed by atoms with van der Waals surface area (Å²) in [5.41, 5.74) is 1.19. The highest BCUT2D eigenvalue weighted by Gasteiger charge is 1.91.